The van der Waals surface area contributed by atoms with Crippen molar-refractivity contribution in [3.05, 3.63) is 65.7 Å². The van der Waals surface area contributed by atoms with Crippen LogP contribution in [0.5, 0.6) is 0 Å². The summed E-state index contributed by atoms with van der Waals surface area (Å²) in [5.74, 6) is 0. The lowest BCUT2D eigenvalue weighted by atomic mass is 10.2. The third-order valence-corrected chi connectivity index (χ3v) is 3.94. The van der Waals surface area contributed by atoms with E-state index in [1.165, 1.54) is 16.0 Å². The summed E-state index contributed by atoms with van der Waals surface area (Å²) in [6, 6.07) is 18.8. The molecule has 0 fully saturated rings. The SMILES string of the molecule is c1ccc(CNC2=NCc3ccccc3S2)cc1. The van der Waals surface area contributed by atoms with Crippen LogP contribution in [0.15, 0.2) is 64.5 Å². The Kier molecular flexibility index (Phi) is 3.33. The minimum absolute atomic E-state index is 0.778. The summed E-state index contributed by atoms with van der Waals surface area (Å²) in [4.78, 5) is 5.86. The van der Waals surface area contributed by atoms with Gasteiger partial charge in [-0.2, -0.15) is 0 Å². The molecule has 18 heavy (non-hydrogen) atoms. The molecule has 0 spiro atoms. The number of aliphatic imine (C=N–C) groups is 1. The molecule has 0 aliphatic carbocycles. The molecule has 1 N–H and O–H groups in total. The molecule has 0 saturated carbocycles. The van der Waals surface area contributed by atoms with E-state index in [1.54, 1.807) is 11.8 Å². The van der Waals surface area contributed by atoms with Crippen LogP contribution in [0.25, 0.3) is 0 Å². The highest BCUT2D eigenvalue weighted by atomic mass is 32.2. The molecular formula is C15H14N2S. The van der Waals surface area contributed by atoms with Crippen molar-refractivity contribution in [1.29, 1.82) is 0 Å². The Morgan fingerprint density at radius 1 is 1.00 bits per heavy atom. The molecule has 3 rings (SSSR count). The predicted octanol–water partition coefficient (Wildman–Crippen LogP) is 3.44. The highest BCUT2D eigenvalue weighted by molar-refractivity contribution is 8.14. The van der Waals surface area contributed by atoms with Crippen LogP contribution in [-0.4, -0.2) is 5.17 Å². The van der Waals surface area contributed by atoms with Crippen molar-refractivity contribution in [3.63, 3.8) is 0 Å². The average Bonchev–Trinajstić information content (AvgIpc) is 2.46. The zero-order valence-electron chi connectivity index (χ0n) is 9.97. The van der Waals surface area contributed by atoms with Crippen LogP contribution in [0.1, 0.15) is 11.1 Å². The third-order valence-electron chi connectivity index (χ3n) is 2.86. The van der Waals surface area contributed by atoms with Gasteiger partial charge in [0.1, 0.15) is 0 Å². The highest BCUT2D eigenvalue weighted by Crippen LogP contribution is 2.28. The monoisotopic (exact) mass is 254 g/mol. The summed E-state index contributed by atoms with van der Waals surface area (Å²) >= 11 is 1.72. The van der Waals surface area contributed by atoms with Crippen LogP contribution in [-0.2, 0) is 13.1 Å². The molecule has 1 aliphatic heterocycles. The van der Waals surface area contributed by atoms with Crippen LogP contribution in [0.2, 0.25) is 0 Å². The number of nitrogens with zero attached hydrogens (tertiary/aromatic N) is 1. The second-order valence-corrected chi connectivity index (χ2v) is 5.20. The number of thioether (sulfide) groups is 1. The fourth-order valence-corrected chi connectivity index (χ4v) is 2.78. The van der Waals surface area contributed by atoms with Crippen LogP contribution in [0.3, 0.4) is 0 Å². The van der Waals surface area contributed by atoms with Gasteiger partial charge in [-0.1, -0.05) is 60.3 Å². The lowest BCUT2D eigenvalue weighted by Crippen LogP contribution is -2.21. The lowest BCUT2D eigenvalue weighted by Gasteiger charge is -2.16. The number of fused-ring (bicyclic) bond motifs is 1. The van der Waals surface area contributed by atoms with Gasteiger partial charge in [0.25, 0.3) is 0 Å². The summed E-state index contributed by atoms with van der Waals surface area (Å²) in [5.41, 5.74) is 2.59. The molecular weight excluding hydrogens is 240 g/mol. The first-order chi connectivity index (χ1) is 8.92. The van der Waals surface area contributed by atoms with E-state index in [9.17, 15) is 0 Å². The number of nitrogens with one attached hydrogen (secondary N) is 1. The van der Waals surface area contributed by atoms with Gasteiger partial charge in [-0.25, -0.2) is 0 Å². The van der Waals surface area contributed by atoms with Gasteiger partial charge in [-0.05, 0) is 17.2 Å². The molecule has 2 aromatic carbocycles. The van der Waals surface area contributed by atoms with Crippen LogP contribution in [0, 0.1) is 0 Å². The smallest absolute Gasteiger partial charge is 0.162 e. The lowest BCUT2D eigenvalue weighted by molar-refractivity contribution is 0.901. The number of benzene rings is 2. The standard InChI is InChI=1S/C15H14N2S/c1-2-6-12(7-3-1)10-16-15-17-11-13-8-4-5-9-14(13)18-15/h1-9H,10-11H2,(H,16,17). The van der Waals surface area contributed by atoms with Gasteiger partial charge in [0.05, 0.1) is 6.54 Å². The quantitative estimate of drug-likeness (QED) is 0.887. The van der Waals surface area contributed by atoms with Crippen molar-refractivity contribution >= 4 is 16.9 Å². The second kappa shape index (κ2) is 5.27. The van der Waals surface area contributed by atoms with Crippen LogP contribution in [0.4, 0.5) is 0 Å². The number of rotatable bonds is 2. The first kappa shape index (κ1) is 11.4. The molecule has 90 valence electrons. The van der Waals surface area contributed by atoms with Crippen molar-refractivity contribution in [1.82, 2.24) is 5.32 Å². The summed E-state index contributed by atoms with van der Waals surface area (Å²) in [6.07, 6.45) is 0. The van der Waals surface area contributed by atoms with Gasteiger partial charge in [-0.15, -0.1) is 0 Å². The zero-order chi connectivity index (χ0) is 12.2. The molecule has 3 heteroatoms. The minimum atomic E-state index is 0.778. The van der Waals surface area contributed by atoms with E-state index in [4.69, 9.17) is 0 Å². The summed E-state index contributed by atoms with van der Waals surface area (Å²) in [7, 11) is 0. The maximum atomic E-state index is 4.55. The molecule has 0 radical (unpaired) electrons. The summed E-state index contributed by atoms with van der Waals surface area (Å²) in [5, 5.41) is 4.40. The van der Waals surface area contributed by atoms with Crippen molar-refractivity contribution in [2.75, 3.05) is 0 Å². The van der Waals surface area contributed by atoms with E-state index in [0.717, 1.165) is 18.3 Å². The Labute approximate surface area is 111 Å². The van der Waals surface area contributed by atoms with Crippen molar-refractivity contribution in [3.8, 4) is 0 Å². The van der Waals surface area contributed by atoms with E-state index in [0.29, 0.717) is 0 Å². The van der Waals surface area contributed by atoms with Gasteiger partial charge in [0.15, 0.2) is 5.17 Å². The molecule has 1 aliphatic rings. The Bertz CT molecular complexity index is 564. The molecule has 0 atom stereocenters. The van der Waals surface area contributed by atoms with E-state index in [2.05, 4.69) is 58.8 Å². The Balaban J connectivity index is 1.64. The van der Waals surface area contributed by atoms with Gasteiger partial charge < -0.3 is 5.32 Å². The Morgan fingerprint density at radius 3 is 2.67 bits per heavy atom. The van der Waals surface area contributed by atoms with Crippen LogP contribution < -0.4 is 5.32 Å². The minimum Gasteiger partial charge on any atom is -0.361 e. The summed E-state index contributed by atoms with van der Waals surface area (Å²) in [6.45, 7) is 1.61. The van der Waals surface area contributed by atoms with E-state index < -0.39 is 0 Å². The van der Waals surface area contributed by atoms with Crippen molar-refractivity contribution < 1.29 is 0 Å². The van der Waals surface area contributed by atoms with Crippen molar-refractivity contribution in [2.45, 2.75) is 18.0 Å². The maximum Gasteiger partial charge on any atom is 0.162 e. The maximum absolute atomic E-state index is 4.55. The second-order valence-electron chi connectivity index (χ2n) is 4.17. The van der Waals surface area contributed by atoms with Gasteiger partial charge in [0, 0.05) is 11.4 Å². The first-order valence-corrected chi connectivity index (χ1v) is 6.81. The van der Waals surface area contributed by atoms with E-state index in [1.807, 2.05) is 6.07 Å². The average molecular weight is 254 g/mol. The fourth-order valence-electron chi connectivity index (χ4n) is 1.89. The Hall–Kier alpha value is -1.74. The number of hydrogen-bond donors (Lipinski definition) is 1. The largest absolute Gasteiger partial charge is 0.361 e. The number of hydrogen-bond acceptors (Lipinski definition) is 3. The molecule has 0 aromatic heterocycles. The van der Waals surface area contributed by atoms with E-state index in [-0.39, 0.29) is 0 Å². The summed E-state index contributed by atoms with van der Waals surface area (Å²) < 4.78 is 0. The molecule has 2 nitrogen and oxygen atoms in total. The van der Waals surface area contributed by atoms with Gasteiger partial charge >= 0.3 is 0 Å². The topological polar surface area (TPSA) is 24.4 Å². The molecule has 0 bridgehead atoms. The molecule has 1 heterocycles. The molecule has 0 amide bonds. The first-order valence-electron chi connectivity index (χ1n) is 6.00. The van der Waals surface area contributed by atoms with E-state index >= 15 is 0 Å². The third kappa shape index (κ3) is 2.57. The van der Waals surface area contributed by atoms with Crippen molar-refractivity contribution in [2.24, 2.45) is 4.99 Å². The molecule has 0 saturated heterocycles. The van der Waals surface area contributed by atoms with Gasteiger partial charge in [-0.3, -0.25) is 4.99 Å². The fraction of sp³-hybridized carbons (Fsp3) is 0.133. The molecule has 2 aromatic rings. The predicted molar refractivity (Wildman–Crippen MR) is 76.7 cm³/mol. The highest BCUT2D eigenvalue weighted by Gasteiger charge is 2.11. The Morgan fingerprint density at radius 2 is 1.78 bits per heavy atom. The number of amidine groups is 1. The zero-order valence-corrected chi connectivity index (χ0v) is 10.8. The molecule has 0 unspecified atom stereocenters. The van der Waals surface area contributed by atoms with Crippen LogP contribution >= 0.6 is 11.8 Å². The normalized spacial score (nSPS) is 13.7. The van der Waals surface area contributed by atoms with Gasteiger partial charge in [0.2, 0.25) is 0 Å².